The molecule has 0 saturated heterocycles. The van der Waals surface area contributed by atoms with Gasteiger partial charge in [-0.1, -0.05) is 0 Å². The first-order valence-corrected chi connectivity index (χ1v) is 5.39. The lowest BCUT2D eigenvalue weighted by atomic mass is 10.3. The number of hydrogen-bond acceptors (Lipinski definition) is 5. The molecule has 0 aliphatic heterocycles. The highest BCUT2D eigenvalue weighted by molar-refractivity contribution is 9.10. The van der Waals surface area contributed by atoms with Crippen molar-refractivity contribution in [1.82, 2.24) is 4.98 Å². The van der Waals surface area contributed by atoms with Crippen molar-refractivity contribution in [3.8, 4) is 0 Å². The van der Waals surface area contributed by atoms with Gasteiger partial charge in [0.1, 0.15) is 12.0 Å². The highest BCUT2D eigenvalue weighted by Gasteiger charge is 2.11. The fourth-order valence-corrected chi connectivity index (χ4v) is 1.61. The topological polar surface area (TPSA) is 77.3 Å². The van der Waals surface area contributed by atoms with Crippen LogP contribution in [-0.2, 0) is 4.74 Å². The molecule has 1 heterocycles. The van der Waals surface area contributed by atoms with Gasteiger partial charge in [0.15, 0.2) is 0 Å². The molecule has 1 atom stereocenters. The molecule has 0 fully saturated rings. The van der Waals surface area contributed by atoms with Crippen molar-refractivity contribution in [3.63, 3.8) is 0 Å². The maximum atomic E-state index is 10.5. The first-order valence-electron chi connectivity index (χ1n) is 4.60. The molecule has 88 valence electrons. The van der Waals surface area contributed by atoms with Crippen LogP contribution in [0.3, 0.4) is 0 Å². The van der Waals surface area contributed by atoms with Crippen molar-refractivity contribution in [1.29, 1.82) is 0 Å². The number of halogens is 1. The quantitative estimate of drug-likeness (QED) is 0.664. The molecule has 1 N–H and O–H groups in total. The molecule has 7 heteroatoms. The maximum Gasteiger partial charge on any atom is 0.288 e. The standard InChI is InChI=1S/C9H12BrN3O3/c1-6(5-16-2)12-9-8(10)3-7(4-11-9)13(14)15/h3-4,6H,5H2,1-2H3,(H,11,12). The van der Waals surface area contributed by atoms with Crippen LogP contribution in [0.2, 0.25) is 0 Å². The molecular formula is C9H12BrN3O3. The second-order valence-electron chi connectivity index (χ2n) is 3.28. The Balaban J connectivity index is 2.79. The molecule has 0 spiro atoms. The number of ether oxygens (including phenoxy) is 1. The highest BCUT2D eigenvalue weighted by atomic mass is 79.9. The predicted octanol–water partition coefficient (Wildman–Crippen LogP) is 2.20. The third-order valence-electron chi connectivity index (χ3n) is 1.84. The Morgan fingerprint density at radius 3 is 2.94 bits per heavy atom. The summed E-state index contributed by atoms with van der Waals surface area (Å²) >= 11 is 3.22. The van der Waals surface area contributed by atoms with Crippen molar-refractivity contribution in [2.45, 2.75) is 13.0 Å². The molecule has 1 unspecified atom stereocenters. The van der Waals surface area contributed by atoms with Crippen LogP contribution in [-0.4, -0.2) is 29.7 Å². The summed E-state index contributed by atoms with van der Waals surface area (Å²) in [5.41, 5.74) is -0.0446. The Morgan fingerprint density at radius 1 is 1.75 bits per heavy atom. The Hall–Kier alpha value is -1.21. The molecule has 0 aromatic carbocycles. The largest absolute Gasteiger partial charge is 0.383 e. The second-order valence-corrected chi connectivity index (χ2v) is 4.14. The van der Waals surface area contributed by atoms with Crippen molar-refractivity contribution in [3.05, 3.63) is 26.9 Å². The van der Waals surface area contributed by atoms with Gasteiger partial charge < -0.3 is 10.1 Å². The summed E-state index contributed by atoms with van der Waals surface area (Å²) in [5.74, 6) is 0.565. The minimum absolute atomic E-state index is 0.0446. The monoisotopic (exact) mass is 289 g/mol. The SMILES string of the molecule is COCC(C)Nc1ncc([N+](=O)[O-])cc1Br. The lowest BCUT2D eigenvalue weighted by Crippen LogP contribution is -2.21. The fraction of sp³-hybridized carbons (Fsp3) is 0.444. The Bertz CT molecular complexity index is 386. The highest BCUT2D eigenvalue weighted by Crippen LogP contribution is 2.24. The van der Waals surface area contributed by atoms with E-state index in [4.69, 9.17) is 4.74 Å². The van der Waals surface area contributed by atoms with E-state index < -0.39 is 4.92 Å². The molecule has 1 rings (SSSR count). The van der Waals surface area contributed by atoms with Crippen LogP contribution in [0, 0.1) is 10.1 Å². The van der Waals surface area contributed by atoms with Crippen LogP contribution in [0.25, 0.3) is 0 Å². The van der Waals surface area contributed by atoms with Gasteiger partial charge in [0.2, 0.25) is 0 Å². The Labute approximate surface area is 101 Å². The fourth-order valence-electron chi connectivity index (χ4n) is 1.16. The van der Waals surface area contributed by atoms with Crippen molar-refractivity contribution in [2.75, 3.05) is 19.0 Å². The predicted molar refractivity (Wildman–Crippen MR) is 63.6 cm³/mol. The smallest absolute Gasteiger partial charge is 0.288 e. The minimum atomic E-state index is -0.486. The van der Waals surface area contributed by atoms with Gasteiger partial charge in [-0.15, -0.1) is 0 Å². The third-order valence-corrected chi connectivity index (χ3v) is 2.44. The van der Waals surface area contributed by atoms with Gasteiger partial charge in [0.25, 0.3) is 5.69 Å². The average molecular weight is 290 g/mol. The number of aromatic nitrogens is 1. The van der Waals surface area contributed by atoms with Gasteiger partial charge in [-0.3, -0.25) is 10.1 Å². The molecule has 1 aromatic rings. The zero-order chi connectivity index (χ0) is 12.1. The summed E-state index contributed by atoms with van der Waals surface area (Å²) in [6.07, 6.45) is 1.21. The van der Waals surface area contributed by atoms with E-state index >= 15 is 0 Å². The Kier molecular flexibility index (Phi) is 4.63. The van der Waals surface area contributed by atoms with Crippen molar-refractivity contribution < 1.29 is 9.66 Å². The van der Waals surface area contributed by atoms with E-state index in [0.29, 0.717) is 16.9 Å². The number of anilines is 1. The molecule has 0 radical (unpaired) electrons. The van der Waals surface area contributed by atoms with E-state index in [0.717, 1.165) is 0 Å². The second kappa shape index (κ2) is 5.76. The van der Waals surface area contributed by atoms with Crippen LogP contribution in [0.1, 0.15) is 6.92 Å². The van der Waals surface area contributed by atoms with Crippen LogP contribution < -0.4 is 5.32 Å². The molecule has 0 aliphatic rings. The average Bonchev–Trinajstić information content (AvgIpc) is 2.21. The van der Waals surface area contributed by atoms with E-state index in [-0.39, 0.29) is 11.7 Å². The molecule has 1 aromatic heterocycles. The van der Waals surface area contributed by atoms with E-state index in [1.165, 1.54) is 12.3 Å². The molecule has 0 amide bonds. The summed E-state index contributed by atoms with van der Waals surface area (Å²) in [6, 6.07) is 1.49. The number of rotatable bonds is 5. The van der Waals surface area contributed by atoms with Crippen LogP contribution in [0.15, 0.2) is 16.7 Å². The lowest BCUT2D eigenvalue weighted by Gasteiger charge is -2.14. The number of methoxy groups -OCH3 is 1. The first kappa shape index (κ1) is 12.9. The van der Waals surface area contributed by atoms with E-state index in [2.05, 4.69) is 26.2 Å². The number of pyridine rings is 1. The summed E-state index contributed by atoms with van der Waals surface area (Å²) in [4.78, 5) is 14.0. The molecule has 16 heavy (non-hydrogen) atoms. The molecular weight excluding hydrogens is 278 g/mol. The summed E-state index contributed by atoms with van der Waals surface area (Å²) in [5, 5.41) is 13.6. The summed E-state index contributed by atoms with van der Waals surface area (Å²) in [7, 11) is 1.61. The van der Waals surface area contributed by atoms with E-state index in [1.807, 2.05) is 6.92 Å². The maximum absolute atomic E-state index is 10.5. The number of hydrogen-bond donors (Lipinski definition) is 1. The van der Waals surface area contributed by atoms with E-state index in [9.17, 15) is 10.1 Å². The molecule has 0 aliphatic carbocycles. The molecule has 0 saturated carbocycles. The third kappa shape index (κ3) is 3.42. The van der Waals surface area contributed by atoms with E-state index in [1.54, 1.807) is 7.11 Å². The van der Waals surface area contributed by atoms with Crippen LogP contribution in [0.5, 0.6) is 0 Å². The van der Waals surface area contributed by atoms with Gasteiger partial charge in [0, 0.05) is 19.2 Å². The summed E-state index contributed by atoms with van der Waals surface area (Å²) < 4.78 is 5.52. The van der Waals surface area contributed by atoms with Gasteiger partial charge in [-0.05, 0) is 22.9 Å². The molecule has 6 nitrogen and oxygen atoms in total. The van der Waals surface area contributed by atoms with Gasteiger partial charge in [0.05, 0.1) is 16.0 Å². The van der Waals surface area contributed by atoms with Crippen LogP contribution >= 0.6 is 15.9 Å². The number of nitrogens with zero attached hydrogens (tertiary/aromatic N) is 2. The molecule has 0 bridgehead atoms. The van der Waals surface area contributed by atoms with Crippen molar-refractivity contribution in [2.24, 2.45) is 0 Å². The minimum Gasteiger partial charge on any atom is -0.383 e. The van der Waals surface area contributed by atoms with Gasteiger partial charge >= 0.3 is 0 Å². The van der Waals surface area contributed by atoms with Crippen molar-refractivity contribution >= 4 is 27.4 Å². The van der Waals surface area contributed by atoms with Gasteiger partial charge in [-0.2, -0.15) is 0 Å². The first-order chi connectivity index (χ1) is 7.54. The van der Waals surface area contributed by atoms with Crippen LogP contribution in [0.4, 0.5) is 11.5 Å². The summed E-state index contributed by atoms with van der Waals surface area (Å²) in [6.45, 7) is 2.46. The normalized spacial score (nSPS) is 12.2. The zero-order valence-corrected chi connectivity index (χ0v) is 10.5. The number of nitrogens with one attached hydrogen (secondary N) is 1. The Morgan fingerprint density at radius 2 is 2.44 bits per heavy atom. The lowest BCUT2D eigenvalue weighted by molar-refractivity contribution is -0.385. The number of nitro groups is 1. The zero-order valence-electron chi connectivity index (χ0n) is 8.94. The van der Waals surface area contributed by atoms with Gasteiger partial charge in [-0.25, -0.2) is 4.98 Å².